The lowest BCUT2D eigenvalue weighted by molar-refractivity contribution is -0.123. The van der Waals surface area contributed by atoms with Crippen molar-refractivity contribution >= 4 is 51.5 Å². The van der Waals surface area contributed by atoms with Crippen LogP contribution in [-0.4, -0.2) is 53.4 Å². The molecule has 0 unspecified atom stereocenters. The molecule has 2 aromatic heterocycles. The van der Waals surface area contributed by atoms with E-state index in [0.29, 0.717) is 30.2 Å². The minimum Gasteiger partial charge on any atom is -0.497 e. The molecule has 11 nitrogen and oxygen atoms in total. The Morgan fingerprint density at radius 1 is 1.20 bits per heavy atom. The molecule has 1 saturated heterocycles. The first-order chi connectivity index (χ1) is 19.4. The Kier molecular flexibility index (Phi) is 7.89. The fourth-order valence-electron chi connectivity index (χ4n) is 4.68. The van der Waals surface area contributed by atoms with Crippen molar-refractivity contribution in [2.75, 3.05) is 30.9 Å². The molecule has 40 heavy (non-hydrogen) atoms. The van der Waals surface area contributed by atoms with E-state index in [1.54, 1.807) is 48.7 Å². The number of amides is 3. The summed E-state index contributed by atoms with van der Waals surface area (Å²) in [7, 11) is 1.51. The summed E-state index contributed by atoms with van der Waals surface area (Å²) < 4.78 is 15.1. The van der Waals surface area contributed by atoms with Gasteiger partial charge in [0.2, 0.25) is 5.91 Å². The molecule has 206 valence electrons. The van der Waals surface area contributed by atoms with Crippen molar-refractivity contribution in [3.05, 3.63) is 76.9 Å². The van der Waals surface area contributed by atoms with Gasteiger partial charge in [0.15, 0.2) is 5.69 Å². The number of nitrogens with one attached hydrogen (secondary N) is 1. The maximum atomic E-state index is 14.3. The number of carbonyl (C=O) groups is 3. The molecule has 0 aliphatic carbocycles. The van der Waals surface area contributed by atoms with Gasteiger partial charge in [-0.2, -0.15) is 4.37 Å². The van der Waals surface area contributed by atoms with Gasteiger partial charge in [-0.25, -0.2) is 0 Å². The second-order valence-corrected chi connectivity index (χ2v) is 10.0. The lowest BCUT2D eigenvalue weighted by atomic mass is 10.00. The third-order valence-corrected chi connectivity index (χ3v) is 7.53. The number of rotatable bonds is 9. The third-order valence-electron chi connectivity index (χ3n) is 6.68. The topological polar surface area (TPSA) is 163 Å². The van der Waals surface area contributed by atoms with Gasteiger partial charge in [-0.15, -0.1) is 0 Å². The number of ether oxygens (including phenoxy) is 2. The first-order valence-corrected chi connectivity index (χ1v) is 13.4. The van der Waals surface area contributed by atoms with Gasteiger partial charge in [0.05, 0.1) is 24.4 Å². The zero-order valence-electron chi connectivity index (χ0n) is 21.7. The van der Waals surface area contributed by atoms with E-state index in [9.17, 15) is 14.4 Å². The van der Waals surface area contributed by atoms with Crippen LogP contribution in [0.3, 0.4) is 0 Å². The Labute approximate surface area is 234 Å². The first-order valence-electron chi connectivity index (χ1n) is 12.6. The number of pyridine rings is 1. The molecule has 12 heteroatoms. The molecule has 3 amide bonds. The molecule has 0 radical (unpaired) electrons. The molecule has 0 bridgehead atoms. The van der Waals surface area contributed by atoms with Gasteiger partial charge >= 0.3 is 0 Å². The monoisotopic (exact) mass is 560 g/mol. The number of anilines is 2. The summed E-state index contributed by atoms with van der Waals surface area (Å²) >= 11 is 0.746. The number of hydrogen-bond donors (Lipinski definition) is 3. The van der Waals surface area contributed by atoms with Crippen LogP contribution in [-0.2, 0) is 9.53 Å². The van der Waals surface area contributed by atoms with Crippen molar-refractivity contribution in [3.8, 4) is 5.75 Å². The number of carbonyl (C=O) groups excluding carboxylic acids is 3. The summed E-state index contributed by atoms with van der Waals surface area (Å²) in [4.78, 5) is 45.8. The predicted octanol–water partition coefficient (Wildman–Crippen LogP) is 3.06. The minimum atomic E-state index is -1.14. The van der Waals surface area contributed by atoms with E-state index in [2.05, 4.69) is 14.7 Å². The van der Waals surface area contributed by atoms with E-state index in [1.807, 2.05) is 12.1 Å². The largest absolute Gasteiger partial charge is 0.497 e. The molecule has 5 rings (SSSR count). The van der Waals surface area contributed by atoms with Gasteiger partial charge in [0.25, 0.3) is 11.8 Å². The van der Waals surface area contributed by atoms with Gasteiger partial charge in [0.1, 0.15) is 16.7 Å². The second kappa shape index (κ2) is 11.7. The minimum absolute atomic E-state index is 0.0176. The average molecular weight is 561 g/mol. The molecule has 2 aromatic carbocycles. The van der Waals surface area contributed by atoms with Crippen LogP contribution in [0.2, 0.25) is 0 Å². The van der Waals surface area contributed by atoms with Crippen molar-refractivity contribution in [3.63, 3.8) is 0 Å². The number of hydrogen-bond acceptors (Lipinski definition) is 9. The highest BCUT2D eigenvalue weighted by Gasteiger charge is 2.36. The second-order valence-electron chi connectivity index (χ2n) is 9.25. The van der Waals surface area contributed by atoms with E-state index in [4.69, 9.17) is 20.9 Å². The molecule has 5 N–H and O–H groups in total. The number of benzene rings is 2. The van der Waals surface area contributed by atoms with Crippen LogP contribution < -0.4 is 26.4 Å². The highest BCUT2D eigenvalue weighted by Crippen LogP contribution is 2.35. The van der Waals surface area contributed by atoms with Crippen molar-refractivity contribution in [2.24, 2.45) is 5.73 Å². The molecule has 1 fully saturated rings. The van der Waals surface area contributed by atoms with Crippen molar-refractivity contribution in [1.29, 1.82) is 0 Å². The summed E-state index contributed by atoms with van der Waals surface area (Å²) in [5.41, 5.74) is 12.9. The van der Waals surface area contributed by atoms with Crippen LogP contribution >= 0.6 is 11.5 Å². The van der Waals surface area contributed by atoms with Crippen molar-refractivity contribution < 1.29 is 23.9 Å². The summed E-state index contributed by atoms with van der Waals surface area (Å²) in [5.74, 6) is -1.42. The Hall–Kier alpha value is -4.55. The predicted molar refractivity (Wildman–Crippen MR) is 151 cm³/mol. The van der Waals surface area contributed by atoms with Gasteiger partial charge in [-0.3, -0.25) is 24.3 Å². The fraction of sp³-hybridized carbons (Fsp3) is 0.250. The number of nitrogens with two attached hydrogens (primary N) is 2. The Bertz CT molecular complexity index is 1570. The Balaban J connectivity index is 1.65. The van der Waals surface area contributed by atoms with E-state index >= 15 is 0 Å². The Morgan fingerprint density at radius 3 is 2.77 bits per heavy atom. The molecular formula is C28H28N6O5S. The van der Waals surface area contributed by atoms with E-state index in [-0.39, 0.29) is 22.4 Å². The lowest BCUT2D eigenvalue weighted by Gasteiger charge is -2.32. The zero-order chi connectivity index (χ0) is 28.2. The van der Waals surface area contributed by atoms with Gasteiger partial charge < -0.3 is 26.3 Å². The molecular weight excluding hydrogens is 532 g/mol. The quantitative estimate of drug-likeness (QED) is 0.281. The van der Waals surface area contributed by atoms with E-state index in [0.717, 1.165) is 35.3 Å². The normalized spacial score (nSPS) is 15.5. The number of nitrogens with zero attached hydrogens (tertiary/aromatic N) is 3. The van der Waals surface area contributed by atoms with Crippen LogP contribution in [0.4, 0.5) is 11.4 Å². The van der Waals surface area contributed by atoms with E-state index < -0.39 is 23.8 Å². The molecule has 0 saturated carbocycles. The summed E-state index contributed by atoms with van der Waals surface area (Å²) in [5, 5.41) is 3.77. The van der Waals surface area contributed by atoms with Crippen LogP contribution in [0.1, 0.15) is 44.6 Å². The van der Waals surface area contributed by atoms with E-state index in [1.165, 1.54) is 12.0 Å². The van der Waals surface area contributed by atoms with Crippen molar-refractivity contribution in [2.45, 2.75) is 25.0 Å². The summed E-state index contributed by atoms with van der Waals surface area (Å²) in [6, 6.07) is 14.7. The maximum Gasteiger partial charge on any atom is 0.273 e. The fourth-order valence-corrected chi connectivity index (χ4v) is 5.42. The number of methoxy groups -OCH3 is 1. The summed E-state index contributed by atoms with van der Waals surface area (Å²) in [6.07, 6.45) is 3.33. The molecule has 1 aliphatic heterocycles. The van der Waals surface area contributed by atoms with Gasteiger partial charge in [0, 0.05) is 36.5 Å². The van der Waals surface area contributed by atoms with Crippen molar-refractivity contribution in [1.82, 2.24) is 14.7 Å². The standard InChI is InChI=1S/C28H28N6O5S/c1-38-19-7-2-6-18(14-19)34(28(37)25-22(29)23(26(30)35)33-40-25)24(27(36)32-15-20-8-4-12-39-20)17-9-10-21-16(13-17)5-3-11-31-21/h2-3,5-7,9-11,13-14,20,24H,4,8,12,15,29H2,1H3,(H2,30,35)(H,32,36)/t20-,24-/m0/s1. The van der Waals surface area contributed by atoms with Crippen LogP contribution in [0.15, 0.2) is 60.8 Å². The third kappa shape index (κ3) is 5.44. The molecule has 4 aromatic rings. The smallest absolute Gasteiger partial charge is 0.273 e. The highest BCUT2D eigenvalue weighted by atomic mass is 32.1. The average Bonchev–Trinajstić information content (AvgIpc) is 3.63. The maximum absolute atomic E-state index is 14.3. The zero-order valence-corrected chi connectivity index (χ0v) is 22.5. The van der Waals surface area contributed by atoms with Gasteiger partial charge in [-0.1, -0.05) is 18.2 Å². The highest BCUT2D eigenvalue weighted by molar-refractivity contribution is 7.09. The number of fused-ring (bicyclic) bond motifs is 1. The Morgan fingerprint density at radius 2 is 2.05 bits per heavy atom. The number of primary amides is 1. The first kappa shape index (κ1) is 27.0. The van der Waals surface area contributed by atoms with Crippen LogP contribution in [0.5, 0.6) is 5.75 Å². The van der Waals surface area contributed by atoms with Gasteiger partial charge in [-0.05, 0) is 60.3 Å². The van der Waals surface area contributed by atoms with Crippen LogP contribution in [0.25, 0.3) is 10.9 Å². The van der Waals surface area contributed by atoms with Crippen LogP contribution in [0, 0.1) is 0 Å². The summed E-state index contributed by atoms with van der Waals surface area (Å²) in [6.45, 7) is 0.933. The molecule has 3 heterocycles. The number of nitrogen functional groups attached to an aromatic ring is 1. The lowest BCUT2D eigenvalue weighted by Crippen LogP contribution is -2.45. The molecule has 0 spiro atoms. The SMILES string of the molecule is COc1cccc(N(C(=O)c2snc(C(N)=O)c2N)[C@H](C(=O)NC[C@@H]2CCCO2)c2ccc3ncccc3c2)c1. The molecule has 1 aliphatic rings. The number of aromatic nitrogens is 2. The molecule has 2 atom stereocenters.